The smallest absolute Gasteiger partial charge is 0.124 e. The molecule has 5 rings (SSSR count). The third-order valence-electron chi connectivity index (χ3n) is 10.2. The third-order valence-corrected chi connectivity index (χ3v) is 11.2. The zero-order valence-electron chi connectivity index (χ0n) is 17.7. The lowest BCUT2D eigenvalue weighted by Gasteiger charge is -2.61. The summed E-state index contributed by atoms with van der Waals surface area (Å²) in [4.78, 5) is 4.50. The molecule has 9 atom stereocenters. The molecule has 0 aromatic carbocycles. The zero-order chi connectivity index (χ0) is 19.7. The summed E-state index contributed by atoms with van der Waals surface area (Å²) in [6, 6.07) is 0. The van der Waals surface area contributed by atoms with Gasteiger partial charge in [0.05, 0.1) is 6.10 Å². The second-order valence-corrected chi connectivity index (χ2v) is 12.1. The average Bonchev–Trinajstić information content (AvgIpc) is 3.30. The minimum atomic E-state index is -0.805. The van der Waals surface area contributed by atoms with Gasteiger partial charge in [0.2, 0.25) is 0 Å². The van der Waals surface area contributed by atoms with Crippen LogP contribution < -0.4 is 0 Å². The van der Waals surface area contributed by atoms with E-state index in [0.717, 1.165) is 47.9 Å². The van der Waals surface area contributed by atoms with Crippen LogP contribution in [0.1, 0.15) is 83.6 Å². The standard InChI is InChI=1S/C24H37NO2S/c1-22-10-8-16(26)14-15(22)4-5-17-18-6-7-20(23(18,2)11-9-19(17)22)24(3,27)21-25-12-13-28-21/h12-13,15-20,26-27H,4-11,14H2,1-3H3/t15-,16-,17-,18-,19-,20-,22-,23-,24+/m0/s1. The van der Waals surface area contributed by atoms with Crippen molar-refractivity contribution in [2.45, 2.75) is 90.3 Å². The number of nitrogens with zero attached hydrogens (tertiary/aromatic N) is 1. The maximum absolute atomic E-state index is 11.6. The second kappa shape index (κ2) is 6.52. The van der Waals surface area contributed by atoms with Gasteiger partial charge in [0.25, 0.3) is 0 Å². The molecule has 0 spiro atoms. The molecule has 156 valence electrons. The molecule has 4 aliphatic rings. The molecular weight excluding hydrogens is 366 g/mol. The van der Waals surface area contributed by atoms with Crippen LogP contribution >= 0.6 is 11.3 Å². The van der Waals surface area contributed by atoms with Crippen molar-refractivity contribution in [1.82, 2.24) is 4.98 Å². The largest absolute Gasteiger partial charge is 0.393 e. The molecule has 4 saturated carbocycles. The van der Waals surface area contributed by atoms with Gasteiger partial charge in [-0.15, -0.1) is 11.3 Å². The van der Waals surface area contributed by atoms with Crippen LogP contribution in [0.25, 0.3) is 0 Å². The van der Waals surface area contributed by atoms with Gasteiger partial charge in [-0.3, -0.25) is 0 Å². The van der Waals surface area contributed by atoms with Crippen LogP contribution in [0.2, 0.25) is 0 Å². The number of aromatic nitrogens is 1. The van der Waals surface area contributed by atoms with Gasteiger partial charge in [0, 0.05) is 11.6 Å². The number of hydrogen-bond donors (Lipinski definition) is 2. The first-order valence-electron chi connectivity index (χ1n) is 11.6. The first-order valence-corrected chi connectivity index (χ1v) is 12.4. The Morgan fingerprint density at radius 2 is 1.79 bits per heavy atom. The van der Waals surface area contributed by atoms with Crippen LogP contribution in [-0.2, 0) is 5.60 Å². The van der Waals surface area contributed by atoms with E-state index in [-0.39, 0.29) is 11.5 Å². The molecule has 0 radical (unpaired) electrons. The predicted molar refractivity (Wildman–Crippen MR) is 113 cm³/mol. The first-order chi connectivity index (χ1) is 13.3. The maximum Gasteiger partial charge on any atom is 0.124 e. The molecule has 1 aromatic rings. The highest BCUT2D eigenvalue weighted by Gasteiger charge is 2.62. The van der Waals surface area contributed by atoms with E-state index >= 15 is 0 Å². The van der Waals surface area contributed by atoms with Crippen LogP contribution in [0, 0.1) is 40.4 Å². The van der Waals surface area contributed by atoms with Crippen molar-refractivity contribution >= 4 is 11.3 Å². The van der Waals surface area contributed by atoms with Crippen molar-refractivity contribution in [2.24, 2.45) is 40.4 Å². The van der Waals surface area contributed by atoms with E-state index in [9.17, 15) is 10.2 Å². The van der Waals surface area contributed by atoms with Crippen molar-refractivity contribution < 1.29 is 10.2 Å². The van der Waals surface area contributed by atoms with Crippen LogP contribution in [0.15, 0.2) is 11.6 Å². The summed E-state index contributed by atoms with van der Waals surface area (Å²) in [6.07, 6.45) is 12.6. The minimum Gasteiger partial charge on any atom is -0.393 e. The molecule has 0 saturated heterocycles. The van der Waals surface area contributed by atoms with E-state index in [4.69, 9.17) is 0 Å². The quantitative estimate of drug-likeness (QED) is 0.698. The molecule has 2 N–H and O–H groups in total. The van der Waals surface area contributed by atoms with E-state index in [1.807, 2.05) is 18.5 Å². The summed E-state index contributed by atoms with van der Waals surface area (Å²) >= 11 is 1.61. The van der Waals surface area contributed by atoms with Gasteiger partial charge in [0.15, 0.2) is 0 Å². The molecule has 0 amide bonds. The lowest BCUT2D eigenvalue weighted by Crippen LogP contribution is -2.55. The summed E-state index contributed by atoms with van der Waals surface area (Å²) in [5.41, 5.74) is -0.145. The molecular formula is C24H37NO2S. The van der Waals surface area contributed by atoms with E-state index in [1.54, 1.807) is 11.3 Å². The molecule has 4 heteroatoms. The van der Waals surface area contributed by atoms with Gasteiger partial charge < -0.3 is 10.2 Å². The summed E-state index contributed by atoms with van der Waals surface area (Å²) < 4.78 is 0. The molecule has 1 heterocycles. The SMILES string of the molecule is C[C@]12CC[C@H](O)C[C@@H]1CC[C@@H]1[C@@H]2CC[C@@]2(C)[C@H]1CC[C@@H]2[C@@](C)(O)c1nccs1. The summed E-state index contributed by atoms with van der Waals surface area (Å²) in [5, 5.41) is 24.7. The highest BCUT2D eigenvalue weighted by atomic mass is 32.1. The fraction of sp³-hybridized carbons (Fsp3) is 0.875. The fourth-order valence-corrected chi connectivity index (χ4v) is 9.53. The van der Waals surface area contributed by atoms with Gasteiger partial charge in [0.1, 0.15) is 10.6 Å². The lowest BCUT2D eigenvalue weighted by atomic mass is 9.44. The molecule has 0 bridgehead atoms. The predicted octanol–water partition coefficient (Wildman–Crippen LogP) is 5.37. The van der Waals surface area contributed by atoms with Crippen molar-refractivity contribution in [3.63, 3.8) is 0 Å². The monoisotopic (exact) mass is 403 g/mol. The van der Waals surface area contributed by atoms with Gasteiger partial charge in [-0.25, -0.2) is 4.98 Å². The maximum atomic E-state index is 11.6. The van der Waals surface area contributed by atoms with E-state index in [0.29, 0.717) is 11.3 Å². The van der Waals surface area contributed by atoms with Crippen molar-refractivity contribution in [1.29, 1.82) is 0 Å². The molecule has 3 nitrogen and oxygen atoms in total. The Hall–Kier alpha value is -0.450. The molecule has 1 aromatic heterocycles. The fourth-order valence-electron chi connectivity index (χ4n) is 8.78. The van der Waals surface area contributed by atoms with Crippen LogP contribution in [-0.4, -0.2) is 21.3 Å². The molecule has 28 heavy (non-hydrogen) atoms. The number of aliphatic hydroxyl groups excluding tert-OH is 1. The summed E-state index contributed by atoms with van der Waals surface area (Å²) in [7, 11) is 0. The van der Waals surface area contributed by atoms with Crippen molar-refractivity contribution in [3.05, 3.63) is 16.6 Å². The van der Waals surface area contributed by atoms with E-state index in [1.165, 1.54) is 38.5 Å². The highest BCUT2D eigenvalue weighted by Crippen LogP contribution is 2.69. The van der Waals surface area contributed by atoms with Gasteiger partial charge >= 0.3 is 0 Å². The van der Waals surface area contributed by atoms with Crippen molar-refractivity contribution in [3.8, 4) is 0 Å². The molecule has 0 unspecified atom stereocenters. The zero-order valence-corrected chi connectivity index (χ0v) is 18.5. The van der Waals surface area contributed by atoms with Crippen molar-refractivity contribution in [2.75, 3.05) is 0 Å². The molecule has 4 fully saturated rings. The number of thiazole rings is 1. The van der Waals surface area contributed by atoms with E-state index < -0.39 is 5.60 Å². The Labute approximate surface area is 174 Å². The number of fused-ring (bicyclic) bond motifs is 5. The number of rotatable bonds is 2. The first kappa shape index (κ1) is 19.5. The number of aliphatic hydroxyl groups is 2. The topological polar surface area (TPSA) is 53.4 Å². The van der Waals surface area contributed by atoms with Crippen LogP contribution in [0.5, 0.6) is 0 Å². The van der Waals surface area contributed by atoms with Crippen LogP contribution in [0.3, 0.4) is 0 Å². The average molecular weight is 404 g/mol. The molecule has 0 aliphatic heterocycles. The Morgan fingerprint density at radius 3 is 2.54 bits per heavy atom. The van der Waals surface area contributed by atoms with Crippen LogP contribution in [0.4, 0.5) is 0 Å². The number of hydrogen-bond acceptors (Lipinski definition) is 4. The summed E-state index contributed by atoms with van der Waals surface area (Å²) in [5.74, 6) is 3.41. The summed E-state index contributed by atoms with van der Waals surface area (Å²) in [6.45, 7) is 7.07. The third kappa shape index (κ3) is 2.63. The second-order valence-electron chi connectivity index (χ2n) is 11.2. The molecule has 4 aliphatic carbocycles. The Bertz CT molecular complexity index is 718. The van der Waals surface area contributed by atoms with Gasteiger partial charge in [-0.1, -0.05) is 13.8 Å². The minimum absolute atomic E-state index is 0.0623. The van der Waals surface area contributed by atoms with E-state index in [2.05, 4.69) is 18.8 Å². The highest BCUT2D eigenvalue weighted by molar-refractivity contribution is 7.09. The van der Waals surface area contributed by atoms with Gasteiger partial charge in [-0.05, 0) is 105 Å². The Kier molecular flexibility index (Phi) is 4.54. The Morgan fingerprint density at radius 1 is 1.04 bits per heavy atom. The van der Waals surface area contributed by atoms with Gasteiger partial charge in [-0.2, -0.15) is 0 Å². The normalized spacial score (nSPS) is 50.3. The Balaban J connectivity index is 1.43. The lowest BCUT2D eigenvalue weighted by molar-refractivity contribution is -0.145.